The van der Waals surface area contributed by atoms with Crippen molar-refractivity contribution in [1.82, 2.24) is 5.32 Å². The third-order valence-corrected chi connectivity index (χ3v) is 4.95. The molecule has 7 heteroatoms. The highest BCUT2D eigenvalue weighted by Crippen LogP contribution is 2.32. The molecule has 1 saturated heterocycles. The fourth-order valence-electron chi connectivity index (χ4n) is 3.48. The second-order valence-corrected chi connectivity index (χ2v) is 6.79. The molecule has 1 aromatic carbocycles. The number of rotatable bonds is 7. The molecule has 3 rings (SSSR count). The number of halogens is 1. The molecule has 0 bridgehead atoms. The van der Waals surface area contributed by atoms with Crippen molar-refractivity contribution in [1.29, 1.82) is 0 Å². The van der Waals surface area contributed by atoms with Gasteiger partial charge in [0.15, 0.2) is 11.5 Å². The average Bonchev–Trinajstić information content (AvgIpc) is 3.31. The third kappa shape index (κ3) is 5.25. The number of ether oxygens (including phenoxy) is 3. The second kappa shape index (κ2) is 10.00. The zero-order valence-corrected chi connectivity index (χ0v) is 16.1. The van der Waals surface area contributed by atoms with Crippen molar-refractivity contribution in [3.8, 4) is 11.5 Å². The summed E-state index contributed by atoms with van der Waals surface area (Å²) in [5.74, 6) is 1.40. The predicted octanol–water partition coefficient (Wildman–Crippen LogP) is 2.56. The number of amides is 1. The number of hydrogen-bond donors (Lipinski definition) is 2. The van der Waals surface area contributed by atoms with E-state index in [0.29, 0.717) is 13.1 Å². The number of benzene rings is 1. The molecule has 0 aromatic heterocycles. The lowest BCUT2D eigenvalue weighted by Gasteiger charge is -2.17. The lowest BCUT2D eigenvalue weighted by molar-refractivity contribution is -0.132. The molecule has 1 aromatic rings. The van der Waals surface area contributed by atoms with E-state index in [2.05, 4.69) is 5.32 Å². The zero-order valence-electron chi connectivity index (χ0n) is 15.2. The topological polar surface area (TPSA) is 82.8 Å². The number of carbonyl (C=O) groups excluding carboxylic acids is 1. The minimum atomic E-state index is -0.388. The average molecular weight is 385 g/mol. The zero-order chi connectivity index (χ0) is 17.6. The Balaban J connectivity index is 0.00000243. The van der Waals surface area contributed by atoms with E-state index in [1.165, 1.54) is 12.8 Å². The smallest absolute Gasteiger partial charge is 0.249 e. The van der Waals surface area contributed by atoms with Gasteiger partial charge in [0.2, 0.25) is 5.91 Å². The van der Waals surface area contributed by atoms with Crippen LogP contribution in [0.2, 0.25) is 0 Å². The summed E-state index contributed by atoms with van der Waals surface area (Å²) in [5.41, 5.74) is 6.57. The van der Waals surface area contributed by atoms with Crippen molar-refractivity contribution in [2.24, 2.45) is 5.73 Å². The maximum atomic E-state index is 12.2. The Kier molecular flexibility index (Phi) is 8.00. The third-order valence-electron chi connectivity index (χ3n) is 4.95. The van der Waals surface area contributed by atoms with Gasteiger partial charge in [-0.1, -0.05) is 6.07 Å². The predicted molar refractivity (Wildman–Crippen MR) is 102 cm³/mol. The van der Waals surface area contributed by atoms with E-state index in [0.717, 1.165) is 42.7 Å². The molecule has 1 aliphatic carbocycles. The van der Waals surface area contributed by atoms with E-state index < -0.39 is 0 Å². The highest BCUT2D eigenvalue weighted by molar-refractivity contribution is 5.85. The van der Waals surface area contributed by atoms with Crippen molar-refractivity contribution in [3.63, 3.8) is 0 Å². The van der Waals surface area contributed by atoms with E-state index in [9.17, 15) is 4.79 Å². The highest BCUT2D eigenvalue weighted by atomic mass is 35.5. The van der Waals surface area contributed by atoms with E-state index in [-0.39, 0.29) is 36.6 Å². The molecule has 1 aliphatic heterocycles. The first-order valence-electron chi connectivity index (χ1n) is 9.16. The van der Waals surface area contributed by atoms with E-state index in [4.69, 9.17) is 19.9 Å². The molecule has 146 valence electrons. The summed E-state index contributed by atoms with van der Waals surface area (Å²) in [7, 11) is 1.64. The van der Waals surface area contributed by atoms with Gasteiger partial charge < -0.3 is 25.3 Å². The number of methoxy groups -OCH3 is 1. The Morgan fingerprint density at radius 3 is 2.65 bits per heavy atom. The quantitative estimate of drug-likeness (QED) is 0.754. The molecule has 2 atom stereocenters. The minimum absolute atomic E-state index is 0. The van der Waals surface area contributed by atoms with Gasteiger partial charge in [-0.3, -0.25) is 4.79 Å². The molecule has 1 amide bonds. The summed E-state index contributed by atoms with van der Waals surface area (Å²) >= 11 is 0. The monoisotopic (exact) mass is 384 g/mol. The van der Waals surface area contributed by atoms with Crippen LogP contribution in [0.15, 0.2) is 18.2 Å². The van der Waals surface area contributed by atoms with Crippen LogP contribution >= 0.6 is 12.4 Å². The molecular formula is C19H29ClN2O4. The number of nitrogens with one attached hydrogen (secondary N) is 1. The molecule has 26 heavy (non-hydrogen) atoms. The Labute approximate surface area is 161 Å². The Hall–Kier alpha value is -1.50. The van der Waals surface area contributed by atoms with Gasteiger partial charge in [-0.15, -0.1) is 12.4 Å². The van der Waals surface area contributed by atoms with Crippen molar-refractivity contribution in [2.45, 2.75) is 63.4 Å². The first-order chi connectivity index (χ1) is 12.2. The largest absolute Gasteiger partial charge is 0.493 e. The van der Waals surface area contributed by atoms with Gasteiger partial charge in [-0.05, 0) is 56.2 Å². The van der Waals surface area contributed by atoms with Crippen LogP contribution in [0.1, 0.15) is 44.1 Å². The van der Waals surface area contributed by atoms with E-state index >= 15 is 0 Å². The molecule has 0 unspecified atom stereocenters. The molecule has 6 nitrogen and oxygen atoms in total. The van der Waals surface area contributed by atoms with Crippen LogP contribution < -0.4 is 20.5 Å². The van der Waals surface area contributed by atoms with Gasteiger partial charge in [-0.25, -0.2) is 0 Å². The lowest BCUT2D eigenvalue weighted by Crippen LogP contribution is -2.35. The van der Waals surface area contributed by atoms with Gasteiger partial charge in [0.05, 0.1) is 19.3 Å². The summed E-state index contributed by atoms with van der Waals surface area (Å²) in [5, 5.41) is 2.94. The number of carbonyl (C=O) groups is 1. The Morgan fingerprint density at radius 1 is 1.23 bits per heavy atom. The van der Waals surface area contributed by atoms with Crippen LogP contribution in [0, 0.1) is 0 Å². The van der Waals surface area contributed by atoms with Gasteiger partial charge in [0, 0.05) is 13.1 Å². The van der Waals surface area contributed by atoms with Crippen LogP contribution in [0.4, 0.5) is 0 Å². The van der Waals surface area contributed by atoms with Crippen molar-refractivity contribution in [3.05, 3.63) is 23.8 Å². The first-order valence-corrected chi connectivity index (χ1v) is 9.16. The molecule has 0 spiro atoms. The molecule has 2 aliphatic rings. The van der Waals surface area contributed by atoms with Crippen molar-refractivity contribution < 1.29 is 19.0 Å². The maximum absolute atomic E-state index is 12.2. The SMILES string of the molecule is COc1ccc(CNC(=O)[C@@H]2CC[C@H](CN)O2)cc1OC1CCCC1.Cl. The van der Waals surface area contributed by atoms with Crippen LogP contribution in [-0.4, -0.2) is 37.9 Å². The fraction of sp³-hybridized carbons (Fsp3) is 0.632. The van der Waals surface area contributed by atoms with Crippen LogP contribution in [-0.2, 0) is 16.1 Å². The van der Waals surface area contributed by atoms with E-state index in [1.54, 1.807) is 7.11 Å². The van der Waals surface area contributed by atoms with Gasteiger partial charge in [-0.2, -0.15) is 0 Å². The van der Waals surface area contributed by atoms with Gasteiger partial charge in [0.1, 0.15) is 6.10 Å². The van der Waals surface area contributed by atoms with Crippen molar-refractivity contribution >= 4 is 18.3 Å². The molecular weight excluding hydrogens is 356 g/mol. The van der Waals surface area contributed by atoms with Gasteiger partial charge in [0.25, 0.3) is 0 Å². The first kappa shape index (κ1) is 20.8. The van der Waals surface area contributed by atoms with Crippen LogP contribution in [0.25, 0.3) is 0 Å². The molecule has 3 N–H and O–H groups in total. The summed E-state index contributed by atoms with van der Waals surface area (Å²) in [6.45, 7) is 0.904. The normalized spacial score (nSPS) is 22.7. The molecule has 0 radical (unpaired) electrons. The second-order valence-electron chi connectivity index (χ2n) is 6.79. The van der Waals surface area contributed by atoms with Gasteiger partial charge >= 0.3 is 0 Å². The summed E-state index contributed by atoms with van der Waals surface area (Å²) < 4.78 is 17.1. The van der Waals surface area contributed by atoms with Crippen molar-refractivity contribution in [2.75, 3.05) is 13.7 Å². The minimum Gasteiger partial charge on any atom is -0.493 e. The Bertz CT molecular complexity index is 593. The summed E-state index contributed by atoms with van der Waals surface area (Å²) in [4.78, 5) is 12.2. The molecule has 1 saturated carbocycles. The Morgan fingerprint density at radius 2 is 2.00 bits per heavy atom. The maximum Gasteiger partial charge on any atom is 0.249 e. The number of nitrogens with two attached hydrogens (primary N) is 1. The fourth-order valence-corrected chi connectivity index (χ4v) is 3.48. The molecule has 1 heterocycles. The standard InChI is InChI=1S/C19H28N2O4.ClH/c1-23-16-8-6-13(10-18(16)24-14-4-2-3-5-14)12-21-19(22)17-9-7-15(11-20)25-17;/h6,8,10,14-15,17H,2-5,7,9,11-12,20H2,1H3,(H,21,22);1H/t15-,17+;/m1./s1. The summed E-state index contributed by atoms with van der Waals surface area (Å²) in [6, 6.07) is 5.79. The van der Waals surface area contributed by atoms with Crippen LogP contribution in [0.5, 0.6) is 11.5 Å². The van der Waals surface area contributed by atoms with Crippen LogP contribution in [0.3, 0.4) is 0 Å². The number of hydrogen-bond acceptors (Lipinski definition) is 5. The molecule has 2 fully saturated rings. The lowest BCUT2D eigenvalue weighted by atomic mass is 10.1. The van der Waals surface area contributed by atoms with E-state index in [1.807, 2.05) is 18.2 Å². The summed E-state index contributed by atoms with van der Waals surface area (Å²) in [6.07, 6.45) is 6.06. The highest BCUT2D eigenvalue weighted by Gasteiger charge is 2.29.